The predicted molar refractivity (Wildman–Crippen MR) is 98.5 cm³/mol. The van der Waals surface area contributed by atoms with Crippen LogP contribution in [0.3, 0.4) is 0 Å². The summed E-state index contributed by atoms with van der Waals surface area (Å²) in [5, 5.41) is 0. The van der Waals surface area contributed by atoms with Crippen LogP contribution in [0.15, 0.2) is 48.5 Å². The van der Waals surface area contributed by atoms with Gasteiger partial charge in [-0.2, -0.15) is 0 Å². The van der Waals surface area contributed by atoms with Crippen molar-refractivity contribution in [2.45, 2.75) is 0 Å². The van der Waals surface area contributed by atoms with Crippen molar-refractivity contribution in [3.63, 3.8) is 0 Å². The lowest BCUT2D eigenvalue weighted by Gasteiger charge is -2.36. The molecule has 0 bridgehead atoms. The number of nitrogens with zero attached hydrogens (tertiary/aromatic N) is 2. The number of halogens is 1. The van der Waals surface area contributed by atoms with E-state index in [0.29, 0.717) is 31.9 Å². The standard InChI is InChI=1S/C20H21FN2O4/c1-26-18-5-3-2-4-17(18)20(25)27-14-19(24)23-12-10-22(11-13-23)16-8-6-15(21)7-9-16/h2-9H,10-14H2,1H3. The first-order valence-corrected chi connectivity index (χ1v) is 8.67. The van der Waals surface area contributed by atoms with Crippen LogP contribution in [0.1, 0.15) is 10.4 Å². The molecule has 7 heteroatoms. The number of carbonyl (C=O) groups is 2. The van der Waals surface area contributed by atoms with Gasteiger partial charge in [0.05, 0.1) is 7.11 Å². The number of esters is 1. The minimum atomic E-state index is -0.592. The summed E-state index contributed by atoms with van der Waals surface area (Å²) in [6.07, 6.45) is 0. The zero-order valence-corrected chi connectivity index (χ0v) is 15.1. The topological polar surface area (TPSA) is 59.1 Å². The lowest BCUT2D eigenvalue weighted by molar-refractivity contribution is -0.134. The Bertz CT molecular complexity index is 802. The average Bonchev–Trinajstić information content (AvgIpc) is 2.72. The summed E-state index contributed by atoms with van der Waals surface area (Å²) >= 11 is 0. The molecule has 0 spiro atoms. The van der Waals surface area contributed by atoms with Gasteiger partial charge in [0.25, 0.3) is 5.91 Å². The molecule has 0 atom stereocenters. The Kier molecular flexibility index (Phi) is 5.90. The van der Waals surface area contributed by atoms with Gasteiger partial charge in [0.15, 0.2) is 6.61 Å². The Morgan fingerprint density at radius 3 is 2.33 bits per heavy atom. The second kappa shape index (κ2) is 8.53. The molecule has 3 rings (SSSR count). The highest BCUT2D eigenvalue weighted by molar-refractivity contribution is 5.94. The smallest absolute Gasteiger partial charge is 0.342 e. The van der Waals surface area contributed by atoms with E-state index in [1.165, 1.54) is 19.2 Å². The summed E-state index contributed by atoms with van der Waals surface area (Å²) in [7, 11) is 1.47. The molecule has 0 saturated carbocycles. The normalized spacial score (nSPS) is 14.0. The Hall–Kier alpha value is -3.09. The van der Waals surface area contributed by atoms with Gasteiger partial charge in [-0.3, -0.25) is 4.79 Å². The van der Waals surface area contributed by atoms with E-state index in [1.54, 1.807) is 41.3 Å². The Morgan fingerprint density at radius 2 is 1.67 bits per heavy atom. The molecule has 1 saturated heterocycles. The number of para-hydroxylation sites is 1. The Morgan fingerprint density at radius 1 is 1.00 bits per heavy atom. The van der Waals surface area contributed by atoms with Gasteiger partial charge in [0.2, 0.25) is 0 Å². The summed E-state index contributed by atoms with van der Waals surface area (Å²) in [6, 6.07) is 13.0. The van der Waals surface area contributed by atoms with E-state index in [-0.39, 0.29) is 23.9 Å². The van der Waals surface area contributed by atoms with Crippen molar-refractivity contribution in [1.29, 1.82) is 0 Å². The minimum Gasteiger partial charge on any atom is -0.496 e. The Labute approximate surface area is 157 Å². The van der Waals surface area contributed by atoms with E-state index >= 15 is 0 Å². The number of rotatable bonds is 5. The van der Waals surface area contributed by atoms with Gasteiger partial charge >= 0.3 is 5.97 Å². The monoisotopic (exact) mass is 372 g/mol. The molecule has 0 N–H and O–H groups in total. The van der Waals surface area contributed by atoms with Crippen LogP contribution < -0.4 is 9.64 Å². The fourth-order valence-electron chi connectivity index (χ4n) is 2.98. The van der Waals surface area contributed by atoms with E-state index in [1.807, 2.05) is 0 Å². The maximum absolute atomic E-state index is 13.0. The Balaban J connectivity index is 1.49. The van der Waals surface area contributed by atoms with Gasteiger partial charge < -0.3 is 19.3 Å². The number of hydrogen-bond donors (Lipinski definition) is 0. The lowest BCUT2D eigenvalue weighted by atomic mass is 10.2. The maximum Gasteiger partial charge on any atom is 0.342 e. The zero-order chi connectivity index (χ0) is 19.2. The van der Waals surface area contributed by atoms with Crippen LogP contribution in [0.2, 0.25) is 0 Å². The molecule has 1 heterocycles. The highest BCUT2D eigenvalue weighted by Crippen LogP contribution is 2.19. The number of anilines is 1. The quantitative estimate of drug-likeness (QED) is 0.754. The number of ether oxygens (including phenoxy) is 2. The molecule has 0 aromatic heterocycles. The van der Waals surface area contributed by atoms with Crippen molar-refractivity contribution in [2.75, 3.05) is 44.8 Å². The van der Waals surface area contributed by atoms with E-state index in [4.69, 9.17) is 9.47 Å². The largest absolute Gasteiger partial charge is 0.496 e. The molecule has 1 fully saturated rings. The van der Waals surface area contributed by atoms with Gasteiger partial charge in [0.1, 0.15) is 17.1 Å². The number of methoxy groups -OCH3 is 1. The zero-order valence-electron chi connectivity index (χ0n) is 15.1. The molecule has 0 aliphatic carbocycles. The predicted octanol–water partition coefficient (Wildman–Crippen LogP) is 2.34. The molecular formula is C20H21FN2O4. The number of benzene rings is 2. The molecule has 1 amide bonds. The van der Waals surface area contributed by atoms with Crippen LogP contribution in [0.5, 0.6) is 5.75 Å². The molecule has 27 heavy (non-hydrogen) atoms. The SMILES string of the molecule is COc1ccccc1C(=O)OCC(=O)N1CCN(c2ccc(F)cc2)CC1. The number of hydrogen-bond acceptors (Lipinski definition) is 5. The lowest BCUT2D eigenvalue weighted by Crippen LogP contribution is -2.49. The van der Waals surface area contributed by atoms with E-state index in [0.717, 1.165) is 5.69 Å². The number of amides is 1. The van der Waals surface area contributed by atoms with E-state index < -0.39 is 5.97 Å². The fraction of sp³-hybridized carbons (Fsp3) is 0.300. The van der Waals surface area contributed by atoms with Gasteiger partial charge in [-0.15, -0.1) is 0 Å². The van der Waals surface area contributed by atoms with Gasteiger partial charge in [-0.1, -0.05) is 12.1 Å². The van der Waals surface area contributed by atoms with Gasteiger partial charge in [-0.25, -0.2) is 9.18 Å². The summed E-state index contributed by atoms with van der Waals surface area (Å²) < 4.78 is 23.3. The van der Waals surface area contributed by atoms with Crippen LogP contribution in [-0.2, 0) is 9.53 Å². The molecule has 142 valence electrons. The first-order chi connectivity index (χ1) is 13.1. The minimum absolute atomic E-state index is 0.239. The molecular weight excluding hydrogens is 351 g/mol. The molecule has 1 aliphatic heterocycles. The molecule has 2 aromatic carbocycles. The van der Waals surface area contributed by atoms with E-state index in [2.05, 4.69) is 4.90 Å². The van der Waals surface area contributed by atoms with Crippen molar-refractivity contribution in [3.05, 3.63) is 59.9 Å². The highest BCUT2D eigenvalue weighted by Gasteiger charge is 2.23. The summed E-state index contributed by atoms with van der Waals surface area (Å²) in [6.45, 7) is 1.99. The van der Waals surface area contributed by atoms with Crippen molar-refractivity contribution < 1.29 is 23.5 Å². The summed E-state index contributed by atoms with van der Waals surface area (Å²) in [5.74, 6) is -0.699. The van der Waals surface area contributed by atoms with Crippen LogP contribution in [0.25, 0.3) is 0 Å². The second-order valence-electron chi connectivity index (χ2n) is 6.12. The molecule has 1 aliphatic rings. The summed E-state index contributed by atoms with van der Waals surface area (Å²) in [5.41, 5.74) is 1.21. The first-order valence-electron chi connectivity index (χ1n) is 8.67. The molecule has 2 aromatic rings. The average molecular weight is 372 g/mol. The van der Waals surface area contributed by atoms with Crippen molar-refractivity contribution in [1.82, 2.24) is 4.90 Å². The van der Waals surface area contributed by atoms with Crippen molar-refractivity contribution in [3.8, 4) is 5.75 Å². The van der Waals surface area contributed by atoms with Crippen LogP contribution in [0, 0.1) is 5.82 Å². The second-order valence-corrected chi connectivity index (χ2v) is 6.12. The molecule has 6 nitrogen and oxygen atoms in total. The van der Waals surface area contributed by atoms with Crippen LogP contribution in [0.4, 0.5) is 10.1 Å². The summed E-state index contributed by atoms with van der Waals surface area (Å²) in [4.78, 5) is 28.2. The van der Waals surface area contributed by atoms with Gasteiger partial charge in [-0.05, 0) is 36.4 Å². The molecule has 0 radical (unpaired) electrons. The highest BCUT2D eigenvalue weighted by atomic mass is 19.1. The number of carbonyl (C=O) groups excluding carboxylic acids is 2. The van der Waals surface area contributed by atoms with Crippen molar-refractivity contribution in [2.24, 2.45) is 0 Å². The van der Waals surface area contributed by atoms with Gasteiger partial charge in [0, 0.05) is 31.9 Å². The van der Waals surface area contributed by atoms with Crippen LogP contribution in [-0.4, -0.2) is 56.7 Å². The number of piperazine rings is 1. The fourth-order valence-corrected chi connectivity index (χ4v) is 2.98. The third kappa shape index (κ3) is 4.55. The first kappa shape index (κ1) is 18.7. The third-order valence-electron chi connectivity index (χ3n) is 4.48. The van der Waals surface area contributed by atoms with E-state index in [9.17, 15) is 14.0 Å². The molecule has 0 unspecified atom stereocenters. The maximum atomic E-state index is 13.0. The third-order valence-corrected chi connectivity index (χ3v) is 4.48. The van der Waals surface area contributed by atoms with Crippen LogP contribution >= 0.6 is 0 Å². The van der Waals surface area contributed by atoms with Crippen molar-refractivity contribution >= 4 is 17.6 Å².